The maximum absolute atomic E-state index is 10.6. The average Bonchev–Trinajstić information content (AvgIpc) is 3.00. The van der Waals surface area contributed by atoms with Gasteiger partial charge in [-0.1, -0.05) is 33.8 Å². The van der Waals surface area contributed by atoms with E-state index in [-0.39, 0.29) is 0 Å². The van der Waals surface area contributed by atoms with Crippen LogP contribution in [0.15, 0.2) is 77.6 Å². The van der Waals surface area contributed by atoms with Crippen LogP contribution in [0, 0.1) is 11.3 Å². The van der Waals surface area contributed by atoms with Crippen molar-refractivity contribution in [1.29, 1.82) is 5.26 Å². The van der Waals surface area contributed by atoms with Gasteiger partial charge in [0.2, 0.25) is 5.91 Å². The summed E-state index contributed by atoms with van der Waals surface area (Å²) in [4.78, 5) is 17.7. The van der Waals surface area contributed by atoms with Crippen LogP contribution in [0.25, 0.3) is 0 Å². The molecule has 39 heavy (non-hydrogen) atoms. The zero-order chi connectivity index (χ0) is 29.0. The molecule has 0 aromatic heterocycles. The minimum atomic E-state index is -0.423. The first kappa shape index (κ1) is 32.8. The van der Waals surface area contributed by atoms with Crippen molar-refractivity contribution in [2.75, 3.05) is 32.6 Å². The fourth-order valence-electron chi connectivity index (χ4n) is 3.55. The summed E-state index contributed by atoms with van der Waals surface area (Å²) >= 11 is 0. The number of ether oxygens (including phenoxy) is 2. The topological polar surface area (TPSA) is 113 Å². The van der Waals surface area contributed by atoms with E-state index in [9.17, 15) is 10.1 Å². The van der Waals surface area contributed by atoms with Gasteiger partial charge in [-0.15, -0.1) is 0 Å². The predicted molar refractivity (Wildman–Crippen MR) is 160 cm³/mol. The highest BCUT2D eigenvalue weighted by molar-refractivity contribution is 6.10. The number of amidine groups is 1. The molecule has 0 spiro atoms. The number of carbonyl (C=O) groups is 1. The summed E-state index contributed by atoms with van der Waals surface area (Å²) in [5.41, 5.74) is 6.68. The second-order valence-corrected chi connectivity index (χ2v) is 8.40. The highest BCUT2D eigenvalue weighted by Gasteiger charge is 2.15. The van der Waals surface area contributed by atoms with Crippen LogP contribution in [0.4, 0.5) is 5.69 Å². The number of aliphatic imine (C=N–C) groups is 1. The van der Waals surface area contributed by atoms with Crippen molar-refractivity contribution in [2.24, 2.45) is 10.7 Å². The van der Waals surface area contributed by atoms with Gasteiger partial charge in [-0.25, -0.2) is 4.99 Å². The van der Waals surface area contributed by atoms with Crippen LogP contribution in [-0.2, 0) is 0 Å². The van der Waals surface area contributed by atoms with E-state index < -0.39 is 5.91 Å². The summed E-state index contributed by atoms with van der Waals surface area (Å²) in [5, 5.41) is 12.6. The summed E-state index contributed by atoms with van der Waals surface area (Å²) < 4.78 is 10.1. The largest absolute Gasteiger partial charge is 0.497 e. The van der Waals surface area contributed by atoms with Crippen molar-refractivity contribution in [3.05, 3.63) is 78.1 Å². The molecule has 1 fully saturated rings. The summed E-state index contributed by atoms with van der Waals surface area (Å²) in [6.07, 6.45) is 7.81. The molecule has 3 rings (SSSR count). The Hall–Kier alpha value is -4.25. The van der Waals surface area contributed by atoms with Crippen LogP contribution in [0.5, 0.6) is 11.5 Å². The number of hydrogen-bond donors (Lipinski definition) is 2. The molecule has 0 atom stereocenters. The number of hydrogen-bond acceptors (Lipinski definition) is 6. The standard InChI is InChI=1S/C21H28N4O.C8H9NO2.C2H6/c1-4-5-9-20(25-14-7-6-8-15-25)24-21(17(2)16-22)23-18-10-12-19(26-3)13-11-18;1-11-7-4-2-6(3-5-7)8(9)10;1-2/h9-13H,2,4-8,14-15H2,1,3H3,(H,23,24);2-5H,1H3,(H2,9,10);1-2H3/b20-9+;;. The Morgan fingerprint density at radius 1 is 1.05 bits per heavy atom. The Morgan fingerprint density at radius 2 is 1.59 bits per heavy atom. The van der Waals surface area contributed by atoms with Gasteiger partial charge < -0.3 is 25.4 Å². The van der Waals surface area contributed by atoms with Crippen molar-refractivity contribution in [1.82, 2.24) is 4.90 Å². The van der Waals surface area contributed by atoms with Crippen LogP contribution < -0.4 is 20.5 Å². The average molecular weight is 534 g/mol. The van der Waals surface area contributed by atoms with Crippen molar-refractivity contribution >= 4 is 17.4 Å². The first-order valence-electron chi connectivity index (χ1n) is 13.4. The van der Waals surface area contributed by atoms with Crippen molar-refractivity contribution < 1.29 is 14.3 Å². The SMILES string of the molecule is C=C(C#N)/C(=N\C(=C/CCC)N1CCCCC1)Nc1ccc(OC)cc1.CC.COc1ccc(C(N)=O)cc1. The molecular formula is C31H43N5O3. The summed E-state index contributed by atoms with van der Waals surface area (Å²) in [6, 6.07) is 16.3. The van der Waals surface area contributed by atoms with Crippen LogP contribution in [0.2, 0.25) is 0 Å². The summed E-state index contributed by atoms with van der Waals surface area (Å²) in [6.45, 7) is 12.0. The fourth-order valence-corrected chi connectivity index (χ4v) is 3.55. The van der Waals surface area contributed by atoms with Crippen molar-refractivity contribution in [3.63, 3.8) is 0 Å². The summed E-state index contributed by atoms with van der Waals surface area (Å²) in [5.74, 6) is 2.50. The van der Waals surface area contributed by atoms with E-state index in [1.54, 1.807) is 38.5 Å². The molecule has 1 amide bonds. The molecule has 3 N–H and O–H groups in total. The number of benzene rings is 2. The highest BCUT2D eigenvalue weighted by atomic mass is 16.5. The quantitative estimate of drug-likeness (QED) is 0.215. The Morgan fingerprint density at radius 3 is 2.05 bits per heavy atom. The molecule has 210 valence electrons. The maximum Gasteiger partial charge on any atom is 0.248 e. The van der Waals surface area contributed by atoms with Crippen molar-refractivity contribution in [3.8, 4) is 17.6 Å². The zero-order valence-electron chi connectivity index (χ0n) is 24.0. The number of amides is 1. The molecule has 1 aliphatic heterocycles. The Kier molecular flexibility index (Phi) is 15.9. The number of primary amides is 1. The van der Waals surface area contributed by atoms with Crippen LogP contribution in [0.1, 0.15) is 63.2 Å². The number of allylic oxidation sites excluding steroid dienone is 1. The number of unbranched alkanes of at least 4 members (excludes halogenated alkanes) is 1. The van der Waals surface area contributed by atoms with Crippen LogP contribution in [-0.4, -0.2) is 44.0 Å². The molecule has 8 heteroatoms. The number of nitrogens with two attached hydrogens (primary N) is 1. The van der Waals surface area contributed by atoms with E-state index in [1.165, 1.54) is 19.3 Å². The number of anilines is 1. The molecule has 0 saturated carbocycles. The van der Waals surface area contributed by atoms with Gasteiger partial charge >= 0.3 is 0 Å². The normalized spacial score (nSPS) is 13.0. The smallest absolute Gasteiger partial charge is 0.248 e. The van der Waals surface area contributed by atoms with Crippen LogP contribution in [0.3, 0.4) is 0 Å². The van der Waals surface area contributed by atoms with E-state index in [1.807, 2.05) is 38.1 Å². The fraction of sp³-hybridized carbons (Fsp3) is 0.387. The van der Waals surface area contributed by atoms with E-state index in [0.29, 0.717) is 17.0 Å². The first-order valence-corrected chi connectivity index (χ1v) is 13.4. The van der Waals surface area contributed by atoms with Crippen molar-refractivity contribution in [2.45, 2.75) is 52.9 Å². The third-order valence-corrected chi connectivity index (χ3v) is 5.67. The van der Waals surface area contributed by atoms with Gasteiger partial charge in [-0.05, 0) is 80.3 Å². The van der Waals surface area contributed by atoms with Crippen LogP contribution >= 0.6 is 0 Å². The second-order valence-electron chi connectivity index (χ2n) is 8.40. The van der Waals surface area contributed by atoms with E-state index in [4.69, 9.17) is 20.2 Å². The monoisotopic (exact) mass is 533 g/mol. The molecule has 1 saturated heterocycles. The summed E-state index contributed by atoms with van der Waals surface area (Å²) in [7, 11) is 3.20. The van der Waals surface area contributed by atoms with E-state index >= 15 is 0 Å². The molecule has 0 aliphatic carbocycles. The maximum atomic E-state index is 10.6. The Labute approximate surface area is 233 Å². The van der Waals surface area contributed by atoms with E-state index in [2.05, 4.69) is 35.9 Å². The lowest BCUT2D eigenvalue weighted by atomic mass is 10.1. The third kappa shape index (κ3) is 11.8. The molecule has 0 radical (unpaired) electrons. The van der Waals surface area contributed by atoms with Gasteiger partial charge in [-0.3, -0.25) is 4.79 Å². The zero-order valence-corrected chi connectivity index (χ0v) is 24.0. The molecular weight excluding hydrogens is 490 g/mol. The molecule has 0 bridgehead atoms. The number of rotatable bonds is 9. The minimum Gasteiger partial charge on any atom is -0.497 e. The van der Waals surface area contributed by atoms with Gasteiger partial charge in [0.1, 0.15) is 29.2 Å². The molecule has 2 aromatic rings. The highest BCUT2D eigenvalue weighted by Crippen LogP contribution is 2.20. The number of methoxy groups -OCH3 is 2. The molecule has 1 aliphatic rings. The minimum absolute atomic E-state index is 0.320. The predicted octanol–water partition coefficient (Wildman–Crippen LogP) is 6.53. The second kappa shape index (κ2) is 18.9. The van der Waals surface area contributed by atoms with Gasteiger partial charge in [0.25, 0.3) is 0 Å². The van der Waals surface area contributed by atoms with E-state index in [0.717, 1.165) is 48.9 Å². The number of likely N-dealkylation sites (tertiary alicyclic amines) is 1. The molecule has 2 aromatic carbocycles. The third-order valence-electron chi connectivity index (χ3n) is 5.67. The Bertz CT molecular complexity index is 1110. The molecule has 8 nitrogen and oxygen atoms in total. The van der Waals surface area contributed by atoms with Gasteiger partial charge in [-0.2, -0.15) is 5.26 Å². The molecule has 1 heterocycles. The number of nitriles is 1. The lowest BCUT2D eigenvalue weighted by molar-refractivity contribution is 0.1000. The number of nitrogens with one attached hydrogen (secondary N) is 1. The van der Waals surface area contributed by atoms with Gasteiger partial charge in [0, 0.05) is 24.3 Å². The molecule has 0 unspecified atom stereocenters. The van der Waals surface area contributed by atoms with Gasteiger partial charge in [0.05, 0.1) is 19.8 Å². The Balaban J connectivity index is 0.000000487. The number of carbonyl (C=O) groups excluding carboxylic acids is 1. The lowest BCUT2D eigenvalue weighted by Gasteiger charge is -2.29. The first-order chi connectivity index (χ1) is 18.9. The number of piperidine rings is 1. The van der Waals surface area contributed by atoms with Gasteiger partial charge in [0.15, 0.2) is 0 Å². The lowest BCUT2D eigenvalue weighted by Crippen LogP contribution is -2.29. The number of nitrogens with zero attached hydrogens (tertiary/aromatic N) is 3.